The zero-order valence-corrected chi connectivity index (χ0v) is 19.0. The van der Waals surface area contributed by atoms with Gasteiger partial charge in [0.05, 0.1) is 26.2 Å². The van der Waals surface area contributed by atoms with Crippen molar-refractivity contribution in [1.29, 1.82) is 0 Å². The summed E-state index contributed by atoms with van der Waals surface area (Å²) in [6.07, 6.45) is 0.657. The van der Waals surface area contributed by atoms with Crippen LogP contribution in [0.1, 0.15) is 44.6 Å². The van der Waals surface area contributed by atoms with Crippen LogP contribution in [-0.4, -0.2) is 37.5 Å². The lowest BCUT2D eigenvalue weighted by Crippen LogP contribution is -2.50. The number of nitrogens with zero attached hydrogens (tertiary/aromatic N) is 1. The molecule has 5 rings (SSSR count). The maximum Gasteiger partial charge on any atom is 0.254 e. The maximum atomic E-state index is 13.7. The van der Waals surface area contributed by atoms with Gasteiger partial charge in [-0.25, -0.2) is 4.39 Å². The number of hydrogen-bond acceptors (Lipinski definition) is 4. The first-order valence-electron chi connectivity index (χ1n) is 11.2. The molecule has 3 aromatic rings. The molecule has 3 aromatic carbocycles. The van der Waals surface area contributed by atoms with Crippen LogP contribution in [0.4, 0.5) is 4.39 Å². The Morgan fingerprint density at radius 2 is 1.74 bits per heavy atom. The summed E-state index contributed by atoms with van der Waals surface area (Å²) in [5.74, 6) is -0.0277. The molecule has 7 heteroatoms. The summed E-state index contributed by atoms with van der Waals surface area (Å²) in [6, 6.07) is 16.7. The predicted octanol–water partition coefficient (Wildman–Crippen LogP) is 4.00. The molecule has 1 N–H and O–H groups in total. The van der Waals surface area contributed by atoms with Crippen LogP contribution >= 0.6 is 0 Å². The average Bonchev–Trinajstić information content (AvgIpc) is 2.87. The number of fused-ring (bicyclic) bond motifs is 4. The highest BCUT2D eigenvalue weighted by Gasteiger charge is 2.46. The molecule has 0 fully saturated rings. The van der Waals surface area contributed by atoms with Gasteiger partial charge in [-0.3, -0.25) is 9.59 Å². The molecule has 0 bridgehead atoms. The highest BCUT2D eigenvalue weighted by molar-refractivity contribution is 6.01. The van der Waals surface area contributed by atoms with E-state index in [9.17, 15) is 14.0 Å². The summed E-state index contributed by atoms with van der Waals surface area (Å²) < 4.78 is 24.3. The van der Waals surface area contributed by atoms with E-state index in [1.54, 1.807) is 37.3 Å². The van der Waals surface area contributed by atoms with E-state index in [4.69, 9.17) is 9.47 Å². The summed E-state index contributed by atoms with van der Waals surface area (Å²) in [5, 5.41) is 3.00. The van der Waals surface area contributed by atoms with Crippen LogP contribution in [0.3, 0.4) is 0 Å². The number of halogens is 1. The number of ether oxygens (including phenoxy) is 2. The highest BCUT2D eigenvalue weighted by atomic mass is 19.1. The monoisotopic (exact) mass is 460 g/mol. The number of methoxy groups -OCH3 is 2. The summed E-state index contributed by atoms with van der Waals surface area (Å²) in [7, 11) is 3.16. The van der Waals surface area contributed by atoms with Gasteiger partial charge in [0.2, 0.25) is 5.91 Å². The molecule has 0 aliphatic carbocycles. The zero-order chi connectivity index (χ0) is 23.8. The Bertz CT molecular complexity index is 1260. The lowest BCUT2D eigenvalue weighted by molar-refractivity contribution is -0.124. The standard InChI is InChI=1S/C27H25FN2O4/c1-33-22-13-17-11-12-30-25(21(17)14-23(22)34-2)24(19-5-3-4-6-20(19)27(30)32)26(31)29-15-16-7-9-18(28)10-8-16/h3-10,13-14,24-25H,11-12,15H2,1-2H3,(H,29,31)/t24-,25+/m1/s1. The smallest absolute Gasteiger partial charge is 0.254 e. The van der Waals surface area contributed by atoms with Crippen LogP contribution in [0.2, 0.25) is 0 Å². The molecule has 0 saturated heterocycles. The lowest BCUT2D eigenvalue weighted by atomic mass is 9.75. The number of benzene rings is 3. The Morgan fingerprint density at radius 3 is 2.47 bits per heavy atom. The second kappa shape index (κ2) is 8.82. The first-order valence-corrected chi connectivity index (χ1v) is 11.2. The minimum Gasteiger partial charge on any atom is -0.493 e. The van der Waals surface area contributed by atoms with Crippen molar-refractivity contribution in [3.63, 3.8) is 0 Å². The Hall–Kier alpha value is -3.87. The second-order valence-corrected chi connectivity index (χ2v) is 8.51. The quantitative estimate of drug-likeness (QED) is 0.625. The number of nitrogens with one attached hydrogen (secondary N) is 1. The fourth-order valence-corrected chi connectivity index (χ4v) is 5.04. The molecule has 2 amide bonds. The van der Waals surface area contributed by atoms with Gasteiger partial charge >= 0.3 is 0 Å². The van der Waals surface area contributed by atoms with Crippen LogP contribution in [0.15, 0.2) is 60.7 Å². The maximum absolute atomic E-state index is 13.7. The van der Waals surface area contributed by atoms with Gasteiger partial charge in [0.1, 0.15) is 5.82 Å². The Balaban J connectivity index is 1.57. The van der Waals surface area contributed by atoms with E-state index in [-0.39, 0.29) is 24.2 Å². The van der Waals surface area contributed by atoms with Crippen molar-refractivity contribution in [2.75, 3.05) is 20.8 Å². The third-order valence-electron chi connectivity index (χ3n) is 6.69. The van der Waals surface area contributed by atoms with E-state index in [1.807, 2.05) is 30.3 Å². The molecular formula is C27H25FN2O4. The molecule has 2 aliphatic rings. The summed E-state index contributed by atoms with van der Waals surface area (Å²) in [6.45, 7) is 0.763. The third-order valence-corrected chi connectivity index (χ3v) is 6.69. The highest BCUT2D eigenvalue weighted by Crippen LogP contribution is 2.48. The van der Waals surface area contributed by atoms with Gasteiger partial charge in [-0.1, -0.05) is 30.3 Å². The van der Waals surface area contributed by atoms with Crippen molar-refractivity contribution >= 4 is 11.8 Å². The number of carbonyl (C=O) groups excluding carboxylic acids is 2. The van der Waals surface area contributed by atoms with E-state index >= 15 is 0 Å². The van der Waals surface area contributed by atoms with Crippen molar-refractivity contribution in [3.05, 3.63) is 94.3 Å². The SMILES string of the molecule is COc1cc2c(cc1OC)[C@H]1[C@H](C(=O)NCc3ccc(F)cc3)c3ccccc3C(=O)N1CC2. The fraction of sp³-hybridized carbons (Fsp3) is 0.259. The van der Waals surface area contributed by atoms with Crippen LogP contribution in [0, 0.1) is 5.82 Å². The molecule has 34 heavy (non-hydrogen) atoms. The Kier molecular flexibility index (Phi) is 5.69. The fourth-order valence-electron chi connectivity index (χ4n) is 5.04. The molecule has 174 valence electrons. The minimum absolute atomic E-state index is 0.0800. The first-order chi connectivity index (χ1) is 16.5. The topological polar surface area (TPSA) is 67.9 Å². The van der Waals surface area contributed by atoms with Crippen molar-refractivity contribution in [2.45, 2.75) is 24.9 Å². The molecule has 0 radical (unpaired) electrons. The largest absolute Gasteiger partial charge is 0.493 e. The summed E-state index contributed by atoms with van der Waals surface area (Å²) >= 11 is 0. The van der Waals surface area contributed by atoms with Crippen LogP contribution < -0.4 is 14.8 Å². The van der Waals surface area contributed by atoms with Crippen molar-refractivity contribution < 1.29 is 23.5 Å². The third kappa shape index (κ3) is 3.67. The average molecular weight is 461 g/mol. The molecule has 6 nitrogen and oxygen atoms in total. The molecule has 0 unspecified atom stereocenters. The van der Waals surface area contributed by atoms with Crippen molar-refractivity contribution in [1.82, 2.24) is 10.2 Å². The number of amides is 2. The van der Waals surface area contributed by atoms with Gasteiger partial charge in [0.25, 0.3) is 5.91 Å². The molecule has 0 aromatic heterocycles. The molecule has 0 spiro atoms. The lowest BCUT2D eigenvalue weighted by Gasteiger charge is -2.45. The van der Waals surface area contributed by atoms with Gasteiger partial charge < -0.3 is 19.7 Å². The molecule has 2 aliphatic heterocycles. The Morgan fingerprint density at radius 1 is 1.03 bits per heavy atom. The Labute approximate surface area is 197 Å². The summed E-state index contributed by atoms with van der Waals surface area (Å²) in [5.41, 5.74) is 3.95. The van der Waals surface area contributed by atoms with Gasteiger partial charge in [-0.2, -0.15) is 0 Å². The predicted molar refractivity (Wildman–Crippen MR) is 124 cm³/mol. The van der Waals surface area contributed by atoms with E-state index in [2.05, 4.69) is 5.32 Å². The van der Waals surface area contributed by atoms with Gasteiger partial charge in [-0.05, 0) is 59.0 Å². The van der Waals surface area contributed by atoms with Gasteiger partial charge in [0, 0.05) is 18.7 Å². The second-order valence-electron chi connectivity index (χ2n) is 8.51. The van der Waals surface area contributed by atoms with E-state index in [0.29, 0.717) is 35.6 Å². The molecule has 0 saturated carbocycles. The number of rotatable bonds is 5. The van der Waals surface area contributed by atoms with Crippen molar-refractivity contribution in [2.24, 2.45) is 0 Å². The summed E-state index contributed by atoms with van der Waals surface area (Å²) in [4.78, 5) is 28.9. The van der Waals surface area contributed by atoms with E-state index in [1.165, 1.54) is 12.1 Å². The zero-order valence-electron chi connectivity index (χ0n) is 19.0. The van der Waals surface area contributed by atoms with Gasteiger partial charge in [-0.15, -0.1) is 0 Å². The molecular weight excluding hydrogens is 435 g/mol. The van der Waals surface area contributed by atoms with E-state index in [0.717, 1.165) is 16.7 Å². The van der Waals surface area contributed by atoms with Gasteiger partial charge in [0.15, 0.2) is 11.5 Å². The van der Waals surface area contributed by atoms with Crippen LogP contribution in [-0.2, 0) is 17.8 Å². The van der Waals surface area contributed by atoms with Crippen LogP contribution in [0.25, 0.3) is 0 Å². The van der Waals surface area contributed by atoms with Crippen molar-refractivity contribution in [3.8, 4) is 11.5 Å². The number of carbonyl (C=O) groups is 2. The molecule has 2 heterocycles. The molecule has 2 atom stereocenters. The minimum atomic E-state index is -0.605. The first kappa shape index (κ1) is 21.9. The van der Waals surface area contributed by atoms with Crippen LogP contribution in [0.5, 0.6) is 11.5 Å². The normalized spacial score (nSPS) is 18.4. The number of hydrogen-bond donors (Lipinski definition) is 1. The van der Waals surface area contributed by atoms with E-state index < -0.39 is 12.0 Å².